The highest BCUT2D eigenvalue weighted by Crippen LogP contribution is 2.53. The Bertz CT molecular complexity index is 855. The number of hydrogen-bond acceptors (Lipinski definition) is 6. The molecule has 3 atom stereocenters. The van der Waals surface area contributed by atoms with Gasteiger partial charge in [0.1, 0.15) is 11.0 Å². The lowest BCUT2D eigenvalue weighted by atomic mass is 9.80. The normalized spacial score (nSPS) is 25.6. The van der Waals surface area contributed by atoms with Gasteiger partial charge in [0.25, 0.3) is 0 Å². The van der Waals surface area contributed by atoms with E-state index in [1.165, 1.54) is 0 Å². The molecule has 2 aromatic rings. The highest BCUT2D eigenvalue weighted by Gasteiger charge is 2.51. The monoisotopic (exact) mass is 335 g/mol. The highest BCUT2D eigenvalue weighted by molar-refractivity contribution is 8.00. The van der Waals surface area contributed by atoms with Crippen LogP contribution in [0.3, 0.4) is 0 Å². The van der Waals surface area contributed by atoms with E-state index in [9.17, 15) is 19.5 Å². The predicted octanol–water partition coefficient (Wildman–Crippen LogP) is 1.66. The standard InChI is InChI=1S/C14H9NO5S2/c16-12(17)10-8-7(9-11(21-10)15-14(19)22-9)5-3-1-2-4-6(5)20-13(8)18/h1-4,7-8,10H,(H,15,19)(H,16,17). The number of carboxylic acids is 1. The average molecular weight is 335 g/mol. The summed E-state index contributed by atoms with van der Waals surface area (Å²) in [5.74, 6) is -2.52. The van der Waals surface area contributed by atoms with Gasteiger partial charge in [0.05, 0.1) is 10.9 Å². The van der Waals surface area contributed by atoms with Crippen LogP contribution in [0, 0.1) is 5.92 Å². The number of para-hydroxylation sites is 1. The summed E-state index contributed by atoms with van der Waals surface area (Å²) >= 11 is 2.03. The summed E-state index contributed by atoms with van der Waals surface area (Å²) in [6.07, 6.45) is 0. The molecule has 2 aliphatic rings. The van der Waals surface area contributed by atoms with Crippen LogP contribution in [0.25, 0.3) is 0 Å². The molecular weight excluding hydrogens is 326 g/mol. The van der Waals surface area contributed by atoms with E-state index in [1.807, 2.05) is 12.1 Å². The Labute approximate surface area is 132 Å². The van der Waals surface area contributed by atoms with Crippen molar-refractivity contribution >= 4 is 35.0 Å². The van der Waals surface area contributed by atoms with Crippen molar-refractivity contribution < 1.29 is 19.4 Å². The van der Waals surface area contributed by atoms with Gasteiger partial charge in [0.2, 0.25) is 0 Å². The molecule has 3 heterocycles. The molecule has 6 nitrogen and oxygen atoms in total. The number of aromatic amines is 1. The second-order valence-corrected chi connectivity index (χ2v) is 7.21. The van der Waals surface area contributed by atoms with Crippen LogP contribution < -0.4 is 9.61 Å². The van der Waals surface area contributed by atoms with Gasteiger partial charge in [0.15, 0.2) is 0 Å². The SMILES string of the molecule is O=C(O)C1Sc2[nH]c(=O)sc2C2c3ccccc3OC(=O)C12. The lowest BCUT2D eigenvalue weighted by molar-refractivity contribution is -0.147. The van der Waals surface area contributed by atoms with Gasteiger partial charge in [0, 0.05) is 16.4 Å². The molecule has 1 aromatic heterocycles. The number of esters is 1. The number of carbonyl (C=O) groups is 2. The number of thiazole rings is 1. The maximum atomic E-state index is 12.3. The number of thioether (sulfide) groups is 1. The van der Waals surface area contributed by atoms with Gasteiger partial charge in [-0.25, -0.2) is 0 Å². The van der Waals surface area contributed by atoms with Crippen LogP contribution in [0.5, 0.6) is 5.75 Å². The molecule has 0 aliphatic carbocycles. The van der Waals surface area contributed by atoms with E-state index in [2.05, 4.69) is 4.98 Å². The van der Waals surface area contributed by atoms with E-state index in [1.54, 1.807) is 12.1 Å². The molecule has 0 radical (unpaired) electrons. The molecule has 2 aliphatic heterocycles. The van der Waals surface area contributed by atoms with Crippen LogP contribution in [0.4, 0.5) is 0 Å². The van der Waals surface area contributed by atoms with Gasteiger partial charge in [-0.2, -0.15) is 0 Å². The number of rotatable bonds is 1. The van der Waals surface area contributed by atoms with Crippen molar-refractivity contribution in [1.29, 1.82) is 0 Å². The lowest BCUT2D eigenvalue weighted by Gasteiger charge is -2.37. The van der Waals surface area contributed by atoms with Crippen molar-refractivity contribution in [3.63, 3.8) is 0 Å². The molecule has 0 saturated carbocycles. The van der Waals surface area contributed by atoms with Crippen LogP contribution in [0.1, 0.15) is 16.4 Å². The van der Waals surface area contributed by atoms with Crippen molar-refractivity contribution in [2.24, 2.45) is 5.92 Å². The molecule has 0 spiro atoms. The number of H-pyrrole nitrogens is 1. The molecule has 8 heteroatoms. The van der Waals surface area contributed by atoms with Crippen molar-refractivity contribution in [1.82, 2.24) is 4.98 Å². The van der Waals surface area contributed by atoms with Crippen LogP contribution in [-0.2, 0) is 9.59 Å². The van der Waals surface area contributed by atoms with Gasteiger partial charge in [-0.1, -0.05) is 41.3 Å². The third kappa shape index (κ3) is 1.84. The van der Waals surface area contributed by atoms with Gasteiger partial charge in [-0.3, -0.25) is 14.4 Å². The summed E-state index contributed by atoms with van der Waals surface area (Å²) in [6.45, 7) is 0. The van der Waals surface area contributed by atoms with Crippen molar-refractivity contribution in [2.75, 3.05) is 0 Å². The predicted molar refractivity (Wildman–Crippen MR) is 79.6 cm³/mol. The topological polar surface area (TPSA) is 96.5 Å². The van der Waals surface area contributed by atoms with Crippen molar-refractivity contribution in [3.8, 4) is 5.75 Å². The minimum Gasteiger partial charge on any atom is -0.480 e. The number of hydrogen-bond donors (Lipinski definition) is 2. The zero-order valence-electron chi connectivity index (χ0n) is 10.9. The van der Waals surface area contributed by atoms with Crippen LogP contribution >= 0.6 is 23.1 Å². The molecule has 2 N–H and O–H groups in total. The van der Waals surface area contributed by atoms with Crippen LogP contribution in [-0.4, -0.2) is 27.3 Å². The van der Waals surface area contributed by atoms with Gasteiger partial charge in [-0.05, 0) is 6.07 Å². The largest absolute Gasteiger partial charge is 0.480 e. The maximum absolute atomic E-state index is 12.3. The molecule has 0 saturated heterocycles. The zero-order valence-corrected chi connectivity index (χ0v) is 12.6. The first-order valence-corrected chi connectivity index (χ1v) is 8.19. The van der Waals surface area contributed by atoms with E-state index in [0.717, 1.165) is 28.7 Å². The first kappa shape index (κ1) is 13.6. The molecular formula is C14H9NO5S2. The molecule has 1 aromatic carbocycles. The Morgan fingerprint density at radius 3 is 2.82 bits per heavy atom. The number of nitrogens with one attached hydrogen (secondary N) is 1. The maximum Gasteiger partial charge on any atom is 0.317 e. The molecule has 0 bridgehead atoms. The van der Waals surface area contributed by atoms with Gasteiger partial charge in [-0.15, -0.1) is 0 Å². The van der Waals surface area contributed by atoms with E-state index in [0.29, 0.717) is 15.7 Å². The Kier molecular flexibility index (Phi) is 2.92. The number of aliphatic carboxylic acids is 1. The number of carboxylic acid groups (broad SMARTS) is 1. The minimum absolute atomic E-state index is 0.251. The average Bonchev–Trinajstić information content (AvgIpc) is 2.86. The third-order valence-electron chi connectivity index (χ3n) is 3.83. The number of benzene rings is 1. The van der Waals surface area contributed by atoms with Gasteiger partial charge < -0.3 is 14.8 Å². The number of carbonyl (C=O) groups excluding carboxylic acids is 1. The first-order chi connectivity index (χ1) is 10.6. The third-order valence-corrected chi connectivity index (χ3v) is 6.24. The molecule has 0 amide bonds. The van der Waals surface area contributed by atoms with Gasteiger partial charge >= 0.3 is 16.8 Å². The summed E-state index contributed by atoms with van der Waals surface area (Å²) in [6, 6.07) is 7.04. The van der Waals surface area contributed by atoms with E-state index in [4.69, 9.17) is 4.74 Å². The second kappa shape index (κ2) is 4.72. The van der Waals surface area contributed by atoms with E-state index in [-0.39, 0.29) is 4.87 Å². The van der Waals surface area contributed by atoms with E-state index < -0.39 is 29.0 Å². The summed E-state index contributed by atoms with van der Waals surface area (Å²) in [5, 5.41) is 9.01. The quantitative estimate of drug-likeness (QED) is 0.608. The Balaban J connectivity index is 1.99. The van der Waals surface area contributed by atoms with Crippen LogP contribution in [0.15, 0.2) is 34.1 Å². The fourth-order valence-electron chi connectivity index (χ4n) is 2.96. The summed E-state index contributed by atoms with van der Waals surface area (Å²) in [4.78, 5) is 38.7. The molecule has 112 valence electrons. The van der Waals surface area contributed by atoms with Crippen molar-refractivity contribution in [2.45, 2.75) is 16.2 Å². The number of ether oxygens (including phenoxy) is 1. The summed E-state index contributed by atoms with van der Waals surface area (Å²) < 4.78 is 5.30. The fourth-order valence-corrected chi connectivity index (χ4v) is 5.36. The lowest BCUT2D eigenvalue weighted by Crippen LogP contribution is -2.44. The number of fused-ring (bicyclic) bond motifs is 5. The second-order valence-electron chi connectivity index (χ2n) is 5.05. The summed E-state index contributed by atoms with van der Waals surface area (Å²) in [5.41, 5.74) is 0.746. The number of aromatic nitrogens is 1. The molecule has 0 fully saturated rings. The minimum atomic E-state index is -1.09. The Hall–Kier alpha value is -2.06. The molecule has 3 unspecified atom stereocenters. The smallest absolute Gasteiger partial charge is 0.317 e. The first-order valence-electron chi connectivity index (χ1n) is 6.49. The molecule has 22 heavy (non-hydrogen) atoms. The zero-order chi connectivity index (χ0) is 15.4. The summed E-state index contributed by atoms with van der Waals surface area (Å²) in [7, 11) is 0. The van der Waals surface area contributed by atoms with Crippen LogP contribution in [0.2, 0.25) is 0 Å². The molecule has 4 rings (SSSR count). The fraction of sp³-hybridized carbons (Fsp3) is 0.214. The Morgan fingerprint density at radius 2 is 2.05 bits per heavy atom. The van der Waals surface area contributed by atoms with Crippen molar-refractivity contribution in [3.05, 3.63) is 44.4 Å². The van der Waals surface area contributed by atoms with E-state index >= 15 is 0 Å². The highest BCUT2D eigenvalue weighted by atomic mass is 32.2. The Morgan fingerprint density at radius 1 is 1.27 bits per heavy atom.